The van der Waals surface area contributed by atoms with E-state index in [2.05, 4.69) is 17.1 Å². The van der Waals surface area contributed by atoms with Crippen LogP contribution in [0.3, 0.4) is 0 Å². The molecule has 0 aliphatic carbocycles. The van der Waals surface area contributed by atoms with Gasteiger partial charge in [-0.3, -0.25) is 15.2 Å². The number of nitrogen functional groups attached to an aromatic ring is 1. The molecule has 2 aromatic rings. The van der Waals surface area contributed by atoms with Gasteiger partial charge in [0.15, 0.2) is 0 Å². The maximum Gasteiger partial charge on any atom is 0.272 e. The quantitative estimate of drug-likeness (QED) is 0.652. The lowest BCUT2D eigenvalue weighted by Crippen LogP contribution is -1.94. The van der Waals surface area contributed by atoms with Crippen LogP contribution in [0.15, 0.2) is 18.2 Å². The number of nitro benzene ring substituents is 1. The van der Waals surface area contributed by atoms with E-state index in [0.717, 1.165) is 29.7 Å². The second-order valence-electron chi connectivity index (χ2n) is 4.47. The van der Waals surface area contributed by atoms with E-state index in [4.69, 9.17) is 5.73 Å². The van der Waals surface area contributed by atoms with Crippen molar-refractivity contribution < 1.29 is 4.92 Å². The molecular formula is C13H16N4O2. The summed E-state index contributed by atoms with van der Waals surface area (Å²) >= 11 is 0. The van der Waals surface area contributed by atoms with Gasteiger partial charge in [0.05, 0.1) is 10.6 Å². The Morgan fingerprint density at radius 1 is 1.47 bits per heavy atom. The summed E-state index contributed by atoms with van der Waals surface area (Å²) in [5.74, 6) is 0.493. The zero-order chi connectivity index (χ0) is 14.0. The summed E-state index contributed by atoms with van der Waals surface area (Å²) in [5, 5.41) is 17.7. The molecule has 3 N–H and O–H groups in total. The van der Waals surface area contributed by atoms with Gasteiger partial charge in [-0.05, 0) is 25.5 Å². The van der Waals surface area contributed by atoms with Gasteiger partial charge in [0.1, 0.15) is 5.82 Å². The van der Waals surface area contributed by atoms with Gasteiger partial charge in [-0.25, -0.2) is 0 Å². The third-order valence-corrected chi connectivity index (χ3v) is 3.08. The minimum Gasteiger partial charge on any atom is -0.382 e. The summed E-state index contributed by atoms with van der Waals surface area (Å²) < 4.78 is 0. The Hall–Kier alpha value is -2.37. The highest BCUT2D eigenvalue weighted by Gasteiger charge is 2.15. The molecule has 1 heterocycles. The fourth-order valence-electron chi connectivity index (χ4n) is 2.14. The summed E-state index contributed by atoms with van der Waals surface area (Å²) in [6, 6.07) is 5.01. The van der Waals surface area contributed by atoms with Crippen molar-refractivity contribution >= 4 is 11.5 Å². The van der Waals surface area contributed by atoms with E-state index < -0.39 is 0 Å². The summed E-state index contributed by atoms with van der Waals surface area (Å²) in [7, 11) is 0. The molecule has 0 amide bonds. The summed E-state index contributed by atoms with van der Waals surface area (Å²) in [5.41, 5.74) is 9.26. The summed E-state index contributed by atoms with van der Waals surface area (Å²) in [6.07, 6.45) is 1.79. The smallest absolute Gasteiger partial charge is 0.272 e. The first-order valence-corrected chi connectivity index (χ1v) is 6.12. The molecule has 0 radical (unpaired) electrons. The second kappa shape index (κ2) is 5.09. The molecule has 0 atom stereocenters. The van der Waals surface area contributed by atoms with Crippen molar-refractivity contribution in [2.45, 2.75) is 26.7 Å². The standard InChI is InChI=1S/C13H16N4O2/c1-3-4-10-12(15-16-13(10)14)9-5-6-11(17(18)19)8(2)7-9/h5-7H,3-4H2,1-2H3,(H3,14,15,16). The highest BCUT2D eigenvalue weighted by atomic mass is 16.6. The molecule has 0 fully saturated rings. The lowest BCUT2D eigenvalue weighted by Gasteiger charge is -2.04. The lowest BCUT2D eigenvalue weighted by molar-refractivity contribution is -0.385. The number of nitrogens with two attached hydrogens (primary N) is 1. The van der Waals surface area contributed by atoms with E-state index in [0.29, 0.717) is 11.4 Å². The van der Waals surface area contributed by atoms with E-state index in [1.165, 1.54) is 6.07 Å². The predicted octanol–water partition coefficient (Wildman–Crippen LogP) is 2.83. The summed E-state index contributed by atoms with van der Waals surface area (Å²) in [6.45, 7) is 3.79. The first-order chi connectivity index (χ1) is 9.04. The number of benzene rings is 1. The average molecular weight is 260 g/mol. The zero-order valence-electron chi connectivity index (χ0n) is 10.9. The Morgan fingerprint density at radius 2 is 2.21 bits per heavy atom. The van der Waals surface area contributed by atoms with Gasteiger partial charge in [0, 0.05) is 22.8 Å². The van der Waals surface area contributed by atoms with Gasteiger partial charge in [-0.15, -0.1) is 0 Å². The summed E-state index contributed by atoms with van der Waals surface area (Å²) in [4.78, 5) is 10.4. The van der Waals surface area contributed by atoms with E-state index in [1.54, 1.807) is 19.1 Å². The molecule has 2 rings (SSSR count). The minimum absolute atomic E-state index is 0.119. The monoisotopic (exact) mass is 260 g/mol. The number of hydrogen-bond acceptors (Lipinski definition) is 4. The van der Waals surface area contributed by atoms with Crippen LogP contribution < -0.4 is 5.73 Å². The van der Waals surface area contributed by atoms with Crippen LogP contribution in [0.4, 0.5) is 11.5 Å². The lowest BCUT2D eigenvalue weighted by atomic mass is 10.0. The highest BCUT2D eigenvalue weighted by Crippen LogP contribution is 2.29. The van der Waals surface area contributed by atoms with Crippen LogP contribution in [0.5, 0.6) is 0 Å². The number of anilines is 1. The van der Waals surface area contributed by atoms with Gasteiger partial charge < -0.3 is 5.73 Å². The first-order valence-electron chi connectivity index (χ1n) is 6.12. The van der Waals surface area contributed by atoms with E-state index >= 15 is 0 Å². The van der Waals surface area contributed by atoms with Crippen molar-refractivity contribution in [3.05, 3.63) is 39.4 Å². The molecule has 0 bridgehead atoms. The molecule has 0 spiro atoms. The van der Waals surface area contributed by atoms with Crippen LogP contribution in [-0.2, 0) is 6.42 Å². The number of aryl methyl sites for hydroxylation is 1. The number of H-pyrrole nitrogens is 1. The molecule has 0 unspecified atom stereocenters. The van der Waals surface area contributed by atoms with Gasteiger partial charge in [0.2, 0.25) is 0 Å². The van der Waals surface area contributed by atoms with Crippen LogP contribution in [0.2, 0.25) is 0 Å². The Morgan fingerprint density at radius 3 is 2.79 bits per heavy atom. The zero-order valence-corrected chi connectivity index (χ0v) is 10.9. The SMILES string of the molecule is CCCc1c(N)n[nH]c1-c1ccc([N+](=O)[O-])c(C)c1. The average Bonchev–Trinajstić information content (AvgIpc) is 2.71. The normalized spacial score (nSPS) is 10.6. The molecule has 0 saturated heterocycles. The van der Waals surface area contributed by atoms with Crippen LogP contribution in [0, 0.1) is 17.0 Å². The van der Waals surface area contributed by atoms with Crippen LogP contribution in [0.25, 0.3) is 11.3 Å². The van der Waals surface area contributed by atoms with Crippen LogP contribution in [-0.4, -0.2) is 15.1 Å². The Balaban J connectivity index is 2.48. The highest BCUT2D eigenvalue weighted by molar-refractivity contribution is 5.70. The van der Waals surface area contributed by atoms with Crippen molar-refractivity contribution in [1.29, 1.82) is 0 Å². The maximum absolute atomic E-state index is 10.8. The molecule has 0 aliphatic rings. The minimum atomic E-state index is -0.382. The van der Waals surface area contributed by atoms with Crippen molar-refractivity contribution in [2.24, 2.45) is 0 Å². The van der Waals surface area contributed by atoms with Gasteiger partial charge in [-0.2, -0.15) is 5.10 Å². The van der Waals surface area contributed by atoms with E-state index in [-0.39, 0.29) is 10.6 Å². The maximum atomic E-state index is 10.8. The fourth-order valence-corrected chi connectivity index (χ4v) is 2.14. The Labute approximate surface area is 110 Å². The number of aromatic nitrogens is 2. The number of rotatable bonds is 4. The van der Waals surface area contributed by atoms with Crippen molar-refractivity contribution in [1.82, 2.24) is 10.2 Å². The van der Waals surface area contributed by atoms with E-state index in [9.17, 15) is 10.1 Å². The van der Waals surface area contributed by atoms with Crippen molar-refractivity contribution in [3.63, 3.8) is 0 Å². The van der Waals surface area contributed by atoms with Gasteiger partial charge >= 0.3 is 0 Å². The molecular weight excluding hydrogens is 244 g/mol. The first kappa shape index (κ1) is 13.1. The number of nitro groups is 1. The van der Waals surface area contributed by atoms with Crippen molar-refractivity contribution in [3.8, 4) is 11.3 Å². The molecule has 19 heavy (non-hydrogen) atoms. The van der Waals surface area contributed by atoms with Gasteiger partial charge in [-0.1, -0.05) is 13.3 Å². The van der Waals surface area contributed by atoms with E-state index in [1.807, 2.05) is 0 Å². The Kier molecular flexibility index (Phi) is 3.50. The van der Waals surface area contributed by atoms with Gasteiger partial charge in [0.25, 0.3) is 5.69 Å². The molecule has 0 aliphatic heterocycles. The molecule has 0 saturated carbocycles. The number of nitrogens with zero attached hydrogens (tertiary/aromatic N) is 2. The van der Waals surface area contributed by atoms with Crippen LogP contribution >= 0.6 is 0 Å². The molecule has 6 heteroatoms. The third-order valence-electron chi connectivity index (χ3n) is 3.08. The predicted molar refractivity (Wildman–Crippen MR) is 73.8 cm³/mol. The molecule has 100 valence electrons. The molecule has 1 aromatic heterocycles. The third kappa shape index (κ3) is 2.42. The number of hydrogen-bond donors (Lipinski definition) is 2. The molecule has 6 nitrogen and oxygen atoms in total. The number of nitrogens with one attached hydrogen (secondary N) is 1. The number of aromatic amines is 1. The fraction of sp³-hybridized carbons (Fsp3) is 0.308. The molecule has 1 aromatic carbocycles. The second-order valence-corrected chi connectivity index (χ2v) is 4.47. The van der Waals surface area contributed by atoms with Crippen molar-refractivity contribution in [2.75, 3.05) is 5.73 Å². The largest absolute Gasteiger partial charge is 0.382 e. The van der Waals surface area contributed by atoms with Crippen LogP contribution in [0.1, 0.15) is 24.5 Å². The Bertz CT molecular complexity index is 619. The topological polar surface area (TPSA) is 97.8 Å².